The second kappa shape index (κ2) is 7.53. The van der Waals surface area contributed by atoms with Crippen LogP contribution in [0.4, 0.5) is 4.39 Å². The zero-order valence-electron chi connectivity index (χ0n) is 12.1. The summed E-state index contributed by atoms with van der Waals surface area (Å²) in [6.07, 6.45) is 6.09. The molecule has 0 spiro atoms. The van der Waals surface area contributed by atoms with Gasteiger partial charge >= 0.3 is 0 Å². The standard InChI is InChI=1S/C16H23BrFNO/c1-20-9-8-19-12-16(6-2-3-7-16)11-13-4-5-14(18)10-15(13)17/h4-5,10,19H,2-3,6-9,11-12H2,1H3. The normalized spacial score (nSPS) is 17.6. The monoisotopic (exact) mass is 343 g/mol. The number of nitrogens with one attached hydrogen (secondary N) is 1. The van der Waals surface area contributed by atoms with Crippen molar-refractivity contribution in [1.29, 1.82) is 0 Å². The van der Waals surface area contributed by atoms with Crippen LogP contribution in [0.3, 0.4) is 0 Å². The van der Waals surface area contributed by atoms with Crippen LogP contribution >= 0.6 is 15.9 Å². The molecule has 1 N–H and O–H groups in total. The quantitative estimate of drug-likeness (QED) is 0.757. The van der Waals surface area contributed by atoms with Crippen LogP contribution in [-0.2, 0) is 11.2 Å². The summed E-state index contributed by atoms with van der Waals surface area (Å²) < 4.78 is 19.2. The van der Waals surface area contributed by atoms with Gasteiger partial charge in [-0.2, -0.15) is 0 Å². The van der Waals surface area contributed by atoms with Gasteiger partial charge < -0.3 is 10.1 Å². The number of halogens is 2. The fraction of sp³-hybridized carbons (Fsp3) is 0.625. The SMILES string of the molecule is COCCNCC1(Cc2ccc(F)cc2Br)CCCC1. The van der Waals surface area contributed by atoms with E-state index in [0.29, 0.717) is 5.41 Å². The minimum Gasteiger partial charge on any atom is -0.383 e. The Labute approximate surface area is 129 Å². The molecule has 1 aromatic carbocycles. The van der Waals surface area contributed by atoms with E-state index in [-0.39, 0.29) is 5.82 Å². The van der Waals surface area contributed by atoms with Crippen molar-refractivity contribution in [2.45, 2.75) is 32.1 Å². The van der Waals surface area contributed by atoms with Crippen LogP contribution in [0.2, 0.25) is 0 Å². The Bertz CT molecular complexity index is 432. The molecule has 0 unspecified atom stereocenters. The Hall–Kier alpha value is -0.450. The molecule has 1 saturated carbocycles. The first-order valence-electron chi connectivity index (χ1n) is 7.29. The number of methoxy groups -OCH3 is 1. The highest BCUT2D eigenvalue weighted by Crippen LogP contribution is 2.41. The van der Waals surface area contributed by atoms with E-state index in [2.05, 4.69) is 21.2 Å². The molecular weight excluding hydrogens is 321 g/mol. The second-order valence-corrected chi connectivity index (χ2v) is 6.64. The van der Waals surface area contributed by atoms with E-state index < -0.39 is 0 Å². The van der Waals surface area contributed by atoms with Gasteiger partial charge in [-0.15, -0.1) is 0 Å². The lowest BCUT2D eigenvalue weighted by molar-refractivity contribution is 0.189. The minimum absolute atomic E-state index is 0.181. The summed E-state index contributed by atoms with van der Waals surface area (Å²) in [6.45, 7) is 2.65. The zero-order valence-corrected chi connectivity index (χ0v) is 13.6. The van der Waals surface area contributed by atoms with E-state index in [1.807, 2.05) is 6.07 Å². The predicted molar refractivity (Wildman–Crippen MR) is 83.5 cm³/mol. The Kier molecular flexibility index (Phi) is 6.00. The van der Waals surface area contributed by atoms with Crippen molar-refractivity contribution in [3.8, 4) is 0 Å². The molecule has 0 aliphatic heterocycles. The van der Waals surface area contributed by atoms with Gasteiger partial charge in [0.2, 0.25) is 0 Å². The first-order valence-corrected chi connectivity index (χ1v) is 8.08. The maximum absolute atomic E-state index is 13.2. The summed E-state index contributed by atoms with van der Waals surface area (Å²) in [6, 6.07) is 5.03. The highest BCUT2D eigenvalue weighted by Gasteiger charge is 2.34. The van der Waals surface area contributed by atoms with Crippen molar-refractivity contribution < 1.29 is 9.13 Å². The van der Waals surface area contributed by atoms with Crippen LogP contribution < -0.4 is 5.32 Å². The number of hydrogen-bond donors (Lipinski definition) is 1. The third-order valence-corrected chi connectivity index (χ3v) is 4.97. The predicted octanol–water partition coefficient (Wildman–Crippen LogP) is 3.93. The summed E-state index contributed by atoms with van der Waals surface area (Å²) in [7, 11) is 1.72. The molecular formula is C16H23BrFNO. The lowest BCUT2D eigenvalue weighted by Crippen LogP contribution is -2.35. The van der Waals surface area contributed by atoms with Gasteiger partial charge in [-0.05, 0) is 42.4 Å². The van der Waals surface area contributed by atoms with Gasteiger partial charge in [0.15, 0.2) is 0 Å². The van der Waals surface area contributed by atoms with E-state index in [9.17, 15) is 4.39 Å². The van der Waals surface area contributed by atoms with Crippen molar-refractivity contribution >= 4 is 15.9 Å². The van der Waals surface area contributed by atoms with Crippen LogP contribution in [0.5, 0.6) is 0 Å². The van der Waals surface area contributed by atoms with E-state index in [4.69, 9.17) is 4.74 Å². The molecule has 20 heavy (non-hydrogen) atoms. The van der Waals surface area contributed by atoms with Crippen LogP contribution in [0.1, 0.15) is 31.2 Å². The smallest absolute Gasteiger partial charge is 0.124 e. The summed E-state index contributed by atoms with van der Waals surface area (Å²) in [5.74, 6) is -0.181. The lowest BCUT2D eigenvalue weighted by Gasteiger charge is -2.30. The first-order chi connectivity index (χ1) is 9.65. The van der Waals surface area contributed by atoms with Crippen LogP contribution in [0.15, 0.2) is 22.7 Å². The summed E-state index contributed by atoms with van der Waals surface area (Å²) in [5.41, 5.74) is 1.52. The average molecular weight is 344 g/mol. The van der Waals surface area contributed by atoms with Gasteiger partial charge in [0, 0.05) is 24.7 Å². The van der Waals surface area contributed by atoms with E-state index in [1.54, 1.807) is 19.2 Å². The number of hydrogen-bond acceptors (Lipinski definition) is 2. The molecule has 1 aliphatic carbocycles. The average Bonchev–Trinajstić information content (AvgIpc) is 2.87. The number of benzene rings is 1. The molecule has 112 valence electrons. The molecule has 0 radical (unpaired) electrons. The topological polar surface area (TPSA) is 21.3 Å². The summed E-state index contributed by atoms with van der Waals surface area (Å²) in [4.78, 5) is 0. The molecule has 1 aliphatic rings. The molecule has 0 aromatic heterocycles. The Morgan fingerprint density at radius 1 is 1.35 bits per heavy atom. The van der Waals surface area contributed by atoms with Gasteiger partial charge in [-0.3, -0.25) is 0 Å². The number of rotatable bonds is 7. The van der Waals surface area contributed by atoms with Crippen molar-refractivity contribution in [2.24, 2.45) is 5.41 Å². The maximum Gasteiger partial charge on any atom is 0.124 e. The van der Waals surface area contributed by atoms with Crippen molar-refractivity contribution in [3.63, 3.8) is 0 Å². The molecule has 0 saturated heterocycles. The maximum atomic E-state index is 13.2. The summed E-state index contributed by atoms with van der Waals surface area (Å²) >= 11 is 3.49. The highest BCUT2D eigenvalue weighted by molar-refractivity contribution is 9.10. The molecule has 0 bridgehead atoms. The molecule has 1 fully saturated rings. The molecule has 0 atom stereocenters. The second-order valence-electron chi connectivity index (χ2n) is 5.79. The zero-order chi connectivity index (χ0) is 14.4. The van der Waals surface area contributed by atoms with Crippen LogP contribution in [-0.4, -0.2) is 26.8 Å². The largest absolute Gasteiger partial charge is 0.383 e. The Balaban J connectivity index is 2.01. The lowest BCUT2D eigenvalue weighted by atomic mass is 9.80. The highest BCUT2D eigenvalue weighted by atomic mass is 79.9. The molecule has 0 heterocycles. The molecule has 1 aromatic rings. The van der Waals surface area contributed by atoms with Crippen molar-refractivity contribution in [3.05, 3.63) is 34.1 Å². The van der Waals surface area contributed by atoms with Crippen LogP contribution in [0.25, 0.3) is 0 Å². The van der Waals surface area contributed by atoms with Gasteiger partial charge in [0.05, 0.1) is 6.61 Å². The Morgan fingerprint density at radius 2 is 2.10 bits per heavy atom. The molecule has 2 nitrogen and oxygen atoms in total. The molecule has 2 rings (SSSR count). The Morgan fingerprint density at radius 3 is 2.75 bits per heavy atom. The van der Waals surface area contributed by atoms with Crippen LogP contribution in [0, 0.1) is 11.2 Å². The fourth-order valence-corrected chi connectivity index (χ4v) is 3.63. The number of ether oxygens (including phenoxy) is 1. The molecule has 0 amide bonds. The fourth-order valence-electron chi connectivity index (χ4n) is 3.14. The third kappa shape index (κ3) is 4.27. The van der Waals surface area contributed by atoms with Gasteiger partial charge in [-0.25, -0.2) is 4.39 Å². The van der Waals surface area contributed by atoms with Gasteiger partial charge in [-0.1, -0.05) is 34.8 Å². The third-order valence-electron chi connectivity index (χ3n) is 4.23. The van der Waals surface area contributed by atoms with E-state index in [1.165, 1.54) is 31.2 Å². The first kappa shape index (κ1) is 15.9. The van der Waals surface area contributed by atoms with Gasteiger partial charge in [0.1, 0.15) is 5.82 Å². The van der Waals surface area contributed by atoms with Gasteiger partial charge in [0.25, 0.3) is 0 Å². The van der Waals surface area contributed by atoms with E-state index >= 15 is 0 Å². The minimum atomic E-state index is -0.181. The van der Waals surface area contributed by atoms with Crippen molar-refractivity contribution in [2.75, 3.05) is 26.8 Å². The van der Waals surface area contributed by atoms with E-state index in [0.717, 1.165) is 30.6 Å². The van der Waals surface area contributed by atoms with Crippen molar-refractivity contribution in [1.82, 2.24) is 5.32 Å². The summed E-state index contributed by atoms with van der Waals surface area (Å²) in [5, 5.41) is 3.51. The molecule has 4 heteroatoms.